The fourth-order valence-electron chi connectivity index (χ4n) is 0.627. The second kappa shape index (κ2) is 4.64. The molecule has 0 fully saturated rings. The van der Waals surface area contributed by atoms with Crippen LogP contribution in [0, 0.1) is 0 Å². The van der Waals surface area contributed by atoms with Crippen molar-refractivity contribution in [2.45, 2.75) is 4.90 Å². The molecule has 1 aromatic carbocycles. The third-order valence-electron chi connectivity index (χ3n) is 1.09. The maximum Gasteiger partial charge on any atom is 0.294 e. The molecule has 0 atom stereocenters. The molecule has 1 N–H and O–H groups in total. The van der Waals surface area contributed by atoms with Gasteiger partial charge >= 0.3 is 0 Å². The summed E-state index contributed by atoms with van der Waals surface area (Å²) in [6, 6.07) is 5.86. The Morgan fingerprint density at radius 1 is 1.33 bits per heavy atom. The first-order valence-corrected chi connectivity index (χ1v) is 4.96. The van der Waals surface area contributed by atoms with Gasteiger partial charge in [-0.15, -0.1) is 0 Å². The van der Waals surface area contributed by atoms with Crippen molar-refractivity contribution >= 4 is 51.9 Å². The van der Waals surface area contributed by atoms with Crippen molar-refractivity contribution in [3.8, 4) is 0 Å². The minimum Gasteiger partial charge on any atom is -0.282 e. The summed E-state index contributed by atoms with van der Waals surface area (Å²) in [6.45, 7) is 0. The van der Waals surface area contributed by atoms with Crippen LogP contribution in [-0.4, -0.2) is 38.8 Å². The van der Waals surface area contributed by atoms with Crippen LogP contribution >= 0.6 is 15.9 Å². The molecule has 0 saturated heterocycles. The topological polar surface area (TPSA) is 54.4 Å². The fraction of sp³-hybridized carbons (Fsp3) is 0. The van der Waals surface area contributed by atoms with Crippen molar-refractivity contribution in [2.75, 3.05) is 0 Å². The van der Waals surface area contributed by atoms with Gasteiger partial charge in [0, 0.05) is 30.3 Å². The zero-order chi connectivity index (χ0) is 8.48. The van der Waals surface area contributed by atoms with Gasteiger partial charge in [0.2, 0.25) is 0 Å². The molecule has 0 unspecified atom stereocenters. The number of halogens is 1. The third kappa shape index (κ3) is 3.47. The van der Waals surface area contributed by atoms with Gasteiger partial charge in [-0.3, -0.25) is 4.55 Å². The molecule has 3 nitrogen and oxygen atoms in total. The number of hydrogen-bond acceptors (Lipinski definition) is 2. The van der Waals surface area contributed by atoms with Gasteiger partial charge in [0.15, 0.2) is 0 Å². The van der Waals surface area contributed by atoms with Crippen molar-refractivity contribution in [2.24, 2.45) is 0 Å². The summed E-state index contributed by atoms with van der Waals surface area (Å²) in [5.41, 5.74) is 0. The summed E-state index contributed by atoms with van der Waals surface area (Å²) >= 11 is 3.08. The standard InChI is InChI=1S/C6H5BrO3S.In/c7-5-2-1-3-6(4-5)11(8,9)10;/h1-4H,(H,8,9,10);. The van der Waals surface area contributed by atoms with E-state index in [2.05, 4.69) is 15.9 Å². The van der Waals surface area contributed by atoms with E-state index in [-0.39, 0.29) is 30.7 Å². The summed E-state index contributed by atoms with van der Waals surface area (Å²) in [7, 11) is -4.06. The third-order valence-corrected chi connectivity index (χ3v) is 2.44. The minimum absolute atomic E-state index is 0. The van der Waals surface area contributed by atoms with Gasteiger partial charge in [0.25, 0.3) is 10.1 Å². The van der Waals surface area contributed by atoms with Crippen LogP contribution < -0.4 is 0 Å². The maximum atomic E-state index is 10.5. The van der Waals surface area contributed by atoms with E-state index >= 15 is 0 Å². The molecule has 0 saturated carbocycles. The largest absolute Gasteiger partial charge is 0.294 e. The zero-order valence-electron chi connectivity index (χ0n) is 5.94. The van der Waals surface area contributed by atoms with E-state index < -0.39 is 10.1 Å². The first kappa shape index (κ1) is 12.5. The van der Waals surface area contributed by atoms with Crippen molar-refractivity contribution in [3.63, 3.8) is 0 Å². The second-order valence-electron chi connectivity index (χ2n) is 1.93. The molecule has 12 heavy (non-hydrogen) atoms. The second-order valence-corrected chi connectivity index (χ2v) is 4.27. The molecular formula is C6H5BrInO3S. The van der Waals surface area contributed by atoms with E-state index in [0.717, 1.165) is 0 Å². The van der Waals surface area contributed by atoms with Crippen molar-refractivity contribution in [3.05, 3.63) is 28.7 Å². The molecule has 6 heteroatoms. The molecular weight excluding hydrogens is 347 g/mol. The molecule has 0 amide bonds. The summed E-state index contributed by atoms with van der Waals surface area (Å²) in [5, 5.41) is 0. The molecule has 0 aliphatic heterocycles. The van der Waals surface area contributed by atoms with Gasteiger partial charge in [-0.05, 0) is 18.2 Å². The summed E-state index contributed by atoms with van der Waals surface area (Å²) < 4.78 is 30.2. The average molecular weight is 352 g/mol. The van der Waals surface area contributed by atoms with Gasteiger partial charge in [-0.1, -0.05) is 22.0 Å². The van der Waals surface area contributed by atoms with Gasteiger partial charge in [-0.25, -0.2) is 0 Å². The summed E-state index contributed by atoms with van der Waals surface area (Å²) in [5.74, 6) is 0. The quantitative estimate of drug-likeness (QED) is 0.776. The Hall–Kier alpha value is 0.480. The van der Waals surface area contributed by atoms with Crippen LogP contribution in [0.15, 0.2) is 33.6 Å². The molecule has 0 aromatic heterocycles. The Morgan fingerprint density at radius 3 is 2.25 bits per heavy atom. The van der Waals surface area contributed by atoms with E-state index in [1.807, 2.05) is 0 Å². The molecule has 0 aliphatic rings. The van der Waals surface area contributed by atoms with E-state index in [1.54, 1.807) is 6.07 Å². The van der Waals surface area contributed by atoms with Crippen LogP contribution in [0.4, 0.5) is 0 Å². The number of benzene rings is 1. The predicted molar refractivity (Wildman–Crippen MR) is 49.7 cm³/mol. The Balaban J connectivity index is 0.00000121. The van der Waals surface area contributed by atoms with Gasteiger partial charge < -0.3 is 0 Å². The van der Waals surface area contributed by atoms with Crippen LogP contribution in [-0.2, 0) is 10.1 Å². The Bertz CT molecular complexity index is 363. The molecule has 1 aromatic rings. The van der Waals surface area contributed by atoms with Crippen molar-refractivity contribution in [1.29, 1.82) is 0 Å². The van der Waals surface area contributed by atoms with Crippen LogP contribution in [0.1, 0.15) is 0 Å². The smallest absolute Gasteiger partial charge is 0.282 e. The zero-order valence-corrected chi connectivity index (χ0v) is 11.6. The summed E-state index contributed by atoms with van der Waals surface area (Å²) in [6.07, 6.45) is 0. The van der Waals surface area contributed by atoms with E-state index in [9.17, 15) is 8.42 Å². The summed E-state index contributed by atoms with van der Waals surface area (Å²) in [4.78, 5) is -0.105. The van der Waals surface area contributed by atoms with Crippen LogP contribution in [0.2, 0.25) is 0 Å². The molecule has 0 heterocycles. The molecule has 0 aliphatic carbocycles. The van der Waals surface area contributed by atoms with Crippen molar-refractivity contribution < 1.29 is 13.0 Å². The molecule has 0 spiro atoms. The van der Waals surface area contributed by atoms with Gasteiger partial charge in [0.1, 0.15) is 0 Å². The average Bonchev–Trinajstić information content (AvgIpc) is 1.86. The van der Waals surface area contributed by atoms with Gasteiger partial charge in [0.05, 0.1) is 4.90 Å². The first-order chi connectivity index (χ1) is 5.00. The van der Waals surface area contributed by atoms with Crippen LogP contribution in [0.3, 0.4) is 0 Å². The molecule has 1 rings (SSSR count). The first-order valence-electron chi connectivity index (χ1n) is 2.73. The minimum atomic E-state index is -4.06. The Labute approximate surface area is 97.8 Å². The monoisotopic (exact) mass is 351 g/mol. The van der Waals surface area contributed by atoms with E-state index in [1.165, 1.54) is 18.2 Å². The van der Waals surface area contributed by atoms with Crippen LogP contribution in [0.5, 0.6) is 0 Å². The van der Waals surface area contributed by atoms with Crippen molar-refractivity contribution in [1.82, 2.24) is 0 Å². The maximum absolute atomic E-state index is 10.5. The number of hydrogen-bond donors (Lipinski definition) is 1. The molecule has 63 valence electrons. The van der Waals surface area contributed by atoms with Gasteiger partial charge in [-0.2, -0.15) is 8.42 Å². The fourth-order valence-corrected chi connectivity index (χ4v) is 1.70. The van der Waals surface area contributed by atoms with Crippen LogP contribution in [0.25, 0.3) is 0 Å². The molecule has 0 bridgehead atoms. The molecule has 3 radical (unpaired) electrons. The Morgan fingerprint density at radius 2 is 1.92 bits per heavy atom. The predicted octanol–water partition coefficient (Wildman–Crippen LogP) is 1.32. The van der Waals surface area contributed by atoms with E-state index in [0.29, 0.717) is 4.47 Å². The Kier molecular flexibility index (Phi) is 4.83. The normalized spacial score (nSPS) is 10.5. The number of rotatable bonds is 1. The van der Waals surface area contributed by atoms with E-state index in [4.69, 9.17) is 4.55 Å². The SMILES string of the molecule is O=S(=O)(O)c1cccc(Br)c1.[In].